The Kier molecular flexibility index (Phi) is 3.50. The third-order valence-corrected chi connectivity index (χ3v) is 4.27. The molecule has 1 aromatic rings. The molecule has 0 saturated heterocycles. The van der Waals surface area contributed by atoms with Crippen LogP contribution in [0.1, 0.15) is 43.9 Å². The molecule has 3 heteroatoms. The highest BCUT2D eigenvalue weighted by atomic mass is 16.5. The lowest BCUT2D eigenvalue weighted by Gasteiger charge is -2.22. The maximum Gasteiger partial charge on any atom is 0.213 e. The van der Waals surface area contributed by atoms with E-state index >= 15 is 0 Å². The minimum absolute atomic E-state index is 0.305. The molecule has 1 saturated carbocycles. The Morgan fingerprint density at radius 1 is 1.33 bits per heavy atom. The molecule has 3 rings (SSSR count). The Hall–Kier alpha value is -1.09. The van der Waals surface area contributed by atoms with Gasteiger partial charge in [-0.15, -0.1) is 0 Å². The van der Waals surface area contributed by atoms with Crippen LogP contribution in [0.3, 0.4) is 0 Å². The summed E-state index contributed by atoms with van der Waals surface area (Å²) < 4.78 is 6.03. The number of pyridine rings is 1. The number of nitrogens with one attached hydrogen (secondary N) is 1. The van der Waals surface area contributed by atoms with Crippen molar-refractivity contribution in [3.8, 4) is 5.88 Å². The zero-order chi connectivity index (χ0) is 12.4. The van der Waals surface area contributed by atoms with E-state index in [1.54, 1.807) is 0 Å². The third-order valence-electron chi connectivity index (χ3n) is 4.27. The lowest BCUT2D eigenvalue weighted by atomic mass is 10.0. The van der Waals surface area contributed by atoms with Gasteiger partial charge in [-0.2, -0.15) is 0 Å². The molecular formula is C15H22N2O. The van der Waals surface area contributed by atoms with Crippen LogP contribution in [0, 0.1) is 5.92 Å². The normalized spacial score (nSPS) is 21.6. The zero-order valence-electron chi connectivity index (χ0n) is 11.1. The number of fused-ring (bicyclic) bond motifs is 1. The molecule has 1 aliphatic carbocycles. The molecule has 2 heterocycles. The van der Waals surface area contributed by atoms with Gasteiger partial charge in [-0.25, -0.2) is 4.98 Å². The quantitative estimate of drug-likeness (QED) is 0.890. The molecule has 0 amide bonds. The second-order valence-corrected chi connectivity index (χ2v) is 5.55. The van der Waals surface area contributed by atoms with Crippen molar-refractivity contribution in [3.05, 3.63) is 23.4 Å². The van der Waals surface area contributed by atoms with E-state index in [0.29, 0.717) is 6.10 Å². The van der Waals surface area contributed by atoms with Gasteiger partial charge in [0.15, 0.2) is 0 Å². The van der Waals surface area contributed by atoms with Crippen LogP contribution < -0.4 is 10.1 Å². The molecule has 3 nitrogen and oxygen atoms in total. The molecule has 0 spiro atoms. The number of nitrogens with zero attached hydrogens (tertiary/aromatic N) is 1. The van der Waals surface area contributed by atoms with E-state index in [1.807, 2.05) is 6.07 Å². The Balaban J connectivity index is 1.68. The fourth-order valence-corrected chi connectivity index (χ4v) is 3.10. The number of rotatable bonds is 3. The lowest BCUT2D eigenvalue weighted by Crippen LogP contribution is -2.26. The van der Waals surface area contributed by atoms with Gasteiger partial charge in [-0.3, -0.25) is 0 Å². The molecule has 2 aliphatic rings. The van der Waals surface area contributed by atoms with Gasteiger partial charge in [0.1, 0.15) is 6.10 Å². The van der Waals surface area contributed by atoms with Crippen LogP contribution in [0.4, 0.5) is 0 Å². The predicted molar refractivity (Wildman–Crippen MR) is 71.7 cm³/mol. The molecule has 0 bridgehead atoms. The first-order valence-electron chi connectivity index (χ1n) is 7.19. The van der Waals surface area contributed by atoms with Crippen molar-refractivity contribution < 1.29 is 4.74 Å². The Morgan fingerprint density at radius 3 is 3.00 bits per heavy atom. The summed E-state index contributed by atoms with van der Waals surface area (Å²) in [5.41, 5.74) is 2.53. The van der Waals surface area contributed by atoms with E-state index in [9.17, 15) is 0 Å². The summed E-state index contributed by atoms with van der Waals surface area (Å²) in [5.74, 6) is 1.54. The van der Waals surface area contributed by atoms with Crippen molar-refractivity contribution >= 4 is 0 Å². The summed E-state index contributed by atoms with van der Waals surface area (Å²) in [6, 6.07) is 4.18. The maximum absolute atomic E-state index is 6.03. The van der Waals surface area contributed by atoms with E-state index in [1.165, 1.54) is 36.9 Å². The SMILES string of the molecule is CC(Oc1ccc2c(n1)CCNC2)C1CCCC1. The van der Waals surface area contributed by atoms with E-state index in [4.69, 9.17) is 4.74 Å². The zero-order valence-corrected chi connectivity index (χ0v) is 11.1. The van der Waals surface area contributed by atoms with Crippen LogP contribution in [-0.4, -0.2) is 17.6 Å². The van der Waals surface area contributed by atoms with Crippen molar-refractivity contribution in [1.82, 2.24) is 10.3 Å². The van der Waals surface area contributed by atoms with E-state index in [2.05, 4.69) is 23.3 Å². The Bertz CT molecular complexity index is 413. The molecule has 18 heavy (non-hydrogen) atoms. The van der Waals surface area contributed by atoms with Gasteiger partial charge in [-0.1, -0.05) is 18.9 Å². The molecule has 1 atom stereocenters. The van der Waals surface area contributed by atoms with E-state index in [0.717, 1.165) is 31.3 Å². The number of aromatic nitrogens is 1. The van der Waals surface area contributed by atoms with Gasteiger partial charge < -0.3 is 10.1 Å². The summed E-state index contributed by atoms with van der Waals surface area (Å²) in [4.78, 5) is 4.66. The molecule has 0 aromatic carbocycles. The van der Waals surface area contributed by atoms with Crippen LogP contribution in [0.15, 0.2) is 12.1 Å². The van der Waals surface area contributed by atoms with Crippen LogP contribution in [-0.2, 0) is 13.0 Å². The van der Waals surface area contributed by atoms with Crippen molar-refractivity contribution in [3.63, 3.8) is 0 Å². The Labute approximate surface area is 109 Å². The highest BCUT2D eigenvalue weighted by Crippen LogP contribution is 2.29. The average Bonchev–Trinajstić information content (AvgIpc) is 2.92. The second-order valence-electron chi connectivity index (χ2n) is 5.55. The molecule has 1 unspecified atom stereocenters. The molecule has 1 fully saturated rings. The smallest absolute Gasteiger partial charge is 0.213 e. The number of hydrogen-bond donors (Lipinski definition) is 1. The predicted octanol–water partition coefficient (Wildman–Crippen LogP) is 2.68. The fraction of sp³-hybridized carbons (Fsp3) is 0.667. The number of hydrogen-bond acceptors (Lipinski definition) is 3. The first kappa shape index (κ1) is 12.0. The molecule has 1 N–H and O–H groups in total. The van der Waals surface area contributed by atoms with E-state index < -0.39 is 0 Å². The van der Waals surface area contributed by atoms with Crippen molar-refractivity contribution in [2.24, 2.45) is 5.92 Å². The molecular weight excluding hydrogens is 224 g/mol. The highest BCUT2D eigenvalue weighted by Gasteiger charge is 2.23. The third kappa shape index (κ3) is 2.51. The molecule has 1 aliphatic heterocycles. The monoisotopic (exact) mass is 246 g/mol. The van der Waals surface area contributed by atoms with Gasteiger partial charge in [0.2, 0.25) is 5.88 Å². The maximum atomic E-state index is 6.03. The summed E-state index contributed by atoms with van der Waals surface area (Å²) in [6.07, 6.45) is 6.68. The second kappa shape index (κ2) is 5.27. The first-order valence-corrected chi connectivity index (χ1v) is 7.19. The van der Waals surface area contributed by atoms with Crippen molar-refractivity contribution in [2.75, 3.05) is 6.54 Å². The number of ether oxygens (including phenoxy) is 1. The largest absolute Gasteiger partial charge is 0.474 e. The van der Waals surface area contributed by atoms with Crippen LogP contribution >= 0.6 is 0 Å². The minimum atomic E-state index is 0.305. The standard InChI is InChI=1S/C15H22N2O/c1-11(12-4-2-3-5-12)18-15-7-6-13-10-16-9-8-14(13)17-15/h6-7,11-12,16H,2-5,8-10H2,1H3. The van der Waals surface area contributed by atoms with Crippen LogP contribution in [0.5, 0.6) is 5.88 Å². The minimum Gasteiger partial charge on any atom is -0.474 e. The van der Waals surface area contributed by atoms with Crippen LogP contribution in [0.25, 0.3) is 0 Å². The summed E-state index contributed by atoms with van der Waals surface area (Å²) in [6.45, 7) is 4.17. The summed E-state index contributed by atoms with van der Waals surface area (Å²) in [7, 11) is 0. The average molecular weight is 246 g/mol. The highest BCUT2D eigenvalue weighted by molar-refractivity contribution is 5.27. The summed E-state index contributed by atoms with van der Waals surface area (Å²) >= 11 is 0. The molecule has 98 valence electrons. The first-order chi connectivity index (χ1) is 8.83. The van der Waals surface area contributed by atoms with Gasteiger partial charge in [0.25, 0.3) is 0 Å². The van der Waals surface area contributed by atoms with Crippen molar-refractivity contribution in [1.29, 1.82) is 0 Å². The fourth-order valence-electron chi connectivity index (χ4n) is 3.10. The van der Waals surface area contributed by atoms with Gasteiger partial charge in [-0.05, 0) is 31.2 Å². The molecule has 0 radical (unpaired) electrons. The van der Waals surface area contributed by atoms with Gasteiger partial charge in [0.05, 0.1) is 5.69 Å². The van der Waals surface area contributed by atoms with Gasteiger partial charge in [0, 0.05) is 25.6 Å². The topological polar surface area (TPSA) is 34.1 Å². The Morgan fingerprint density at radius 2 is 2.17 bits per heavy atom. The van der Waals surface area contributed by atoms with E-state index in [-0.39, 0.29) is 0 Å². The summed E-state index contributed by atoms with van der Waals surface area (Å²) in [5, 5.41) is 3.37. The van der Waals surface area contributed by atoms with Crippen LogP contribution in [0.2, 0.25) is 0 Å². The molecule has 1 aromatic heterocycles. The van der Waals surface area contributed by atoms with Gasteiger partial charge >= 0.3 is 0 Å². The van der Waals surface area contributed by atoms with Crippen molar-refractivity contribution in [2.45, 2.75) is 51.7 Å². The lowest BCUT2D eigenvalue weighted by molar-refractivity contribution is 0.147.